The second kappa shape index (κ2) is 8.20. The van der Waals surface area contributed by atoms with E-state index in [1.165, 1.54) is 0 Å². The van der Waals surface area contributed by atoms with Crippen molar-refractivity contribution in [1.82, 2.24) is 14.5 Å². The van der Waals surface area contributed by atoms with Crippen molar-refractivity contribution >= 4 is 39.9 Å². The molecule has 2 saturated heterocycles. The summed E-state index contributed by atoms with van der Waals surface area (Å²) in [4.78, 5) is 23.1. The summed E-state index contributed by atoms with van der Waals surface area (Å²) in [5.41, 5.74) is 4.56. The molecule has 0 radical (unpaired) electrons. The maximum absolute atomic E-state index is 12.9. The first-order chi connectivity index (χ1) is 16.0. The second-order valence-corrected chi connectivity index (χ2v) is 9.60. The molecule has 168 valence electrons. The number of morpholine rings is 1. The van der Waals surface area contributed by atoms with Crippen LogP contribution < -0.4 is 10.5 Å². The number of hydrogen-bond donors (Lipinski definition) is 1. The maximum atomic E-state index is 12.9. The van der Waals surface area contributed by atoms with E-state index in [-0.39, 0.29) is 5.56 Å². The molecule has 4 aromatic rings. The van der Waals surface area contributed by atoms with Crippen LogP contribution in [0.4, 0.5) is 5.69 Å². The number of nitrogens with zero attached hydrogens (tertiary/aromatic N) is 3. The molecule has 0 aliphatic carbocycles. The normalized spacial score (nSPS) is 20.0. The minimum absolute atomic E-state index is 0.0817. The Morgan fingerprint density at radius 1 is 1.06 bits per heavy atom. The highest BCUT2D eigenvalue weighted by molar-refractivity contribution is 6.42. The number of halogens is 2. The maximum Gasteiger partial charge on any atom is 0.251 e. The van der Waals surface area contributed by atoms with Gasteiger partial charge in [0, 0.05) is 42.5 Å². The average molecular weight is 481 g/mol. The van der Waals surface area contributed by atoms with Crippen molar-refractivity contribution in [2.45, 2.75) is 31.6 Å². The number of ether oxygens (including phenoxy) is 1. The predicted molar refractivity (Wildman–Crippen MR) is 131 cm³/mol. The molecule has 6 rings (SSSR count). The Balaban J connectivity index is 1.30. The minimum atomic E-state index is -0.0817. The summed E-state index contributed by atoms with van der Waals surface area (Å²) in [7, 11) is 0. The third-order valence-electron chi connectivity index (χ3n) is 6.57. The van der Waals surface area contributed by atoms with E-state index in [1.807, 2.05) is 30.7 Å². The van der Waals surface area contributed by atoms with Gasteiger partial charge in [0.1, 0.15) is 5.65 Å². The molecular weight excluding hydrogens is 459 g/mol. The van der Waals surface area contributed by atoms with Crippen LogP contribution in [0.5, 0.6) is 0 Å². The molecule has 5 heterocycles. The predicted octanol–water partition coefficient (Wildman–Crippen LogP) is 5.11. The lowest BCUT2D eigenvalue weighted by Gasteiger charge is -2.33. The SMILES string of the molecule is O=c1cc(-c2c[nH]c3ncc(N4CC5CCC(C4)O5)cc23)ccn1Cc1ccc(Cl)c(Cl)c1. The summed E-state index contributed by atoms with van der Waals surface area (Å²) < 4.78 is 7.63. The van der Waals surface area contributed by atoms with Crippen molar-refractivity contribution in [2.24, 2.45) is 0 Å². The van der Waals surface area contributed by atoms with Crippen LogP contribution in [-0.2, 0) is 11.3 Å². The molecule has 2 aliphatic rings. The number of fused-ring (bicyclic) bond motifs is 3. The number of aromatic nitrogens is 3. The van der Waals surface area contributed by atoms with Crippen LogP contribution in [0.25, 0.3) is 22.2 Å². The summed E-state index contributed by atoms with van der Waals surface area (Å²) in [5.74, 6) is 0. The Kier molecular flexibility index (Phi) is 5.17. The zero-order chi connectivity index (χ0) is 22.5. The number of aromatic amines is 1. The van der Waals surface area contributed by atoms with E-state index in [0.717, 1.165) is 59.3 Å². The minimum Gasteiger partial charge on any atom is -0.371 e. The topological polar surface area (TPSA) is 63.1 Å². The van der Waals surface area contributed by atoms with Gasteiger partial charge in [-0.15, -0.1) is 0 Å². The molecule has 0 saturated carbocycles. The Morgan fingerprint density at radius 3 is 2.64 bits per heavy atom. The van der Waals surface area contributed by atoms with Gasteiger partial charge in [-0.3, -0.25) is 4.79 Å². The van der Waals surface area contributed by atoms with Crippen molar-refractivity contribution in [3.63, 3.8) is 0 Å². The van der Waals surface area contributed by atoms with Crippen LogP contribution in [0, 0.1) is 0 Å². The Labute approximate surface area is 200 Å². The van der Waals surface area contributed by atoms with Gasteiger partial charge in [0.05, 0.1) is 40.7 Å². The summed E-state index contributed by atoms with van der Waals surface area (Å²) >= 11 is 12.1. The number of anilines is 1. The molecular formula is C25H22Cl2N4O2. The fourth-order valence-electron chi connectivity index (χ4n) is 4.87. The molecule has 6 nitrogen and oxygen atoms in total. The highest BCUT2D eigenvalue weighted by Gasteiger charge is 2.34. The van der Waals surface area contributed by atoms with E-state index in [9.17, 15) is 4.79 Å². The second-order valence-electron chi connectivity index (χ2n) is 8.78. The molecule has 3 aromatic heterocycles. The number of rotatable bonds is 4. The van der Waals surface area contributed by atoms with E-state index in [1.54, 1.807) is 22.8 Å². The Morgan fingerprint density at radius 2 is 1.88 bits per heavy atom. The zero-order valence-electron chi connectivity index (χ0n) is 17.8. The van der Waals surface area contributed by atoms with Crippen LogP contribution in [0.1, 0.15) is 18.4 Å². The molecule has 1 N–H and O–H groups in total. The van der Waals surface area contributed by atoms with E-state index < -0.39 is 0 Å². The van der Waals surface area contributed by atoms with Crippen LogP contribution in [-0.4, -0.2) is 39.8 Å². The Bertz CT molecular complexity index is 1400. The zero-order valence-corrected chi connectivity index (χ0v) is 19.3. The number of H-pyrrole nitrogens is 1. The third-order valence-corrected chi connectivity index (χ3v) is 7.31. The summed E-state index contributed by atoms with van der Waals surface area (Å²) in [6.07, 6.45) is 8.54. The van der Waals surface area contributed by atoms with Gasteiger partial charge < -0.3 is 19.2 Å². The number of hydrogen-bond acceptors (Lipinski definition) is 4. The van der Waals surface area contributed by atoms with Gasteiger partial charge >= 0.3 is 0 Å². The van der Waals surface area contributed by atoms with Gasteiger partial charge in [0.15, 0.2) is 0 Å². The van der Waals surface area contributed by atoms with Crippen molar-refractivity contribution in [1.29, 1.82) is 0 Å². The van der Waals surface area contributed by atoms with Crippen molar-refractivity contribution in [3.8, 4) is 11.1 Å². The van der Waals surface area contributed by atoms with Crippen molar-refractivity contribution < 1.29 is 4.74 Å². The van der Waals surface area contributed by atoms with Gasteiger partial charge in [-0.1, -0.05) is 29.3 Å². The van der Waals surface area contributed by atoms with Crippen LogP contribution in [0.2, 0.25) is 10.0 Å². The van der Waals surface area contributed by atoms with Crippen LogP contribution in [0.15, 0.2) is 59.8 Å². The lowest BCUT2D eigenvalue weighted by molar-refractivity contribution is 0.0305. The molecule has 0 amide bonds. The van der Waals surface area contributed by atoms with Crippen molar-refractivity contribution in [3.05, 3.63) is 81.0 Å². The summed E-state index contributed by atoms with van der Waals surface area (Å²) in [6, 6.07) is 11.2. The molecule has 0 spiro atoms. The summed E-state index contributed by atoms with van der Waals surface area (Å²) in [5, 5.41) is 1.99. The van der Waals surface area contributed by atoms with Gasteiger partial charge in [-0.05, 0) is 48.2 Å². The lowest BCUT2D eigenvalue weighted by atomic mass is 10.1. The number of benzene rings is 1. The molecule has 2 aliphatic heterocycles. The molecule has 2 fully saturated rings. The highest BCUT2D eigenvalue weighted by atomic mass is 35.5. The Hall–Kier alpha value is -2.80. The highest BCUT2D eigenvalue weighted by Crippen LogP contribution is 2.33. The van der Waals surface area contributed by atoms with Crippen LogP contribution in [0.3, 0.4) is 0 Å². The number of nitrogens with one attached hydrogen (secondary N) is 1. The van der Waals surface area contributed by atoms with Crippen molar-refractivity contribution in [2.75, 3.05) is 18.0 Å². The van der Waals surface area contributed by atoms with Gasteiger partial charge in [0.2, 0.25) is 0 Å². The molecule has 2 unspecified atom stereocenters. The fourth-order valence-corrected chi connectivity index (χ4v) is 5.19. The fraction of sp³-hybridized carbons (Fsp3) is 0.280. The average Bonchev–Trinajstić information content (AvgIpc) is 3.39. The van der Waals surface area contributed by atoms with E-state index in [2.05, 4.69) is 20.9 Å². The first-order valence-electron chi connectivity index (χ1n) is 11.1. The van der Waals surface area contributed by atoms with Gasteiger partial charge in [-0.2, -0.15) is 0 Å². The van der Waals surface area contributed by atoms with E-state index in [4.69, 9.17) is 27.9 Å². The first-order valence-corrected chi connectivity index (χ1v) is 11.8. The van der Waals surface area contributed by atoms with E-state index >= 15 is 0 Å². The molecule has 33 heavy (non-hydrogen) atoms. The van der Waals surface area contributed by atoms with Crippen LogP contribution >= 0.6 is 23.2 Å². The molecule has 2 atom stereocenters. The quantitative estimate of drug-likeness (QED) is 0.440. The monoisotopic (exact) mass is 480 g/mol. The first kappa shape index (κ1) is 20.8. The summed E-state index contributed by atoms with van der Waals surface area (Å²) in [6.45, 7) is 2.22. The largest absolute Gasteiger partial charge is 0.371 e. The molecule has 1 aromatic carbocycles. The third kappa shape index (κ3) is 3.92. The standard InChI is InChI=1S/C25H22Cl2N4O2/c26-22-4-1-15(7-23(22)27)12-30-6-5-16(8-24(30)32)21-11-29-25-20(21)9-17(10-28-25)31-13-18-2-3-19(14-31)33-18/h1,4-11,18-19H,2-3,12-14H2,(H,28,29). The van der Waals surface area contributed by atoms with Gasteiger partial charge in [0.25, 0.3) is 5.56 Å². The molecule has 8 heteroatoms. The van der Waals surface area contributed by atoms with Gasteiger partial charge in [-0.25, -0.2) is 4.98 Å². The lowest BCUT2D eigenvalue weighted by Crippen LogP contribution is -2.42. The molecule has 2 bridgehead atoms. The smallest absolute Gasteiger partial charge is 0.251 e. The number of pyridine rings is 2. The van der Waals surface area contributed by atoms with E-state index in [0.29, 0.717) is 28.8 Å².